The Kier molecular flexibility index (Phi) is 2.88. The first-order chi connectivity index (χ1) is 8.47. The quantitative estimate of drug-likeness (QED) is 0.509. The third kappa shape index (κ3) is 2.24. The largest absolute Gasteiger partial charge is 0.437 e. The maximum atomic E-state index is 10.6. The van der Waals surface area contributed by atoms with Crippen molar-refractivity contribution in [1.29, 1.82) is 0 Å². The van der Waals surface area contributed by atoms with Gasteiger partial charge in [-0.3, -0.25) is 10.1 Å². The molecular formula is C11H12N4O3. The maximum absolute atomic E-state index is 10.6. The van der Waals surface area contributed by atoms with E-state index in [0.29, 0.717) is 11.6 Å². The van der Waals surface area contributed by atoms with Crippen LogP contribution in [-0.2, 0) is 7.05 Å². The van der Waals surface area contributed by atoms with E-state index >= 15 is 0 Å². The lowest BCUT2D eigenvalue weighted by atomic mass is 10.2. The predicted octanol–water partition coefficient (Wildman–Crippen LogP) is 2.01. The third-order valence-corrected chi connectivity index (χ3v) is 2.38. The molecule has 0 amide bonds. The van der Waals surface area contributed by atoms with Gasteiger partial charge in [0.15, 0.2) is 5.75 Å². The number of nitro groups is 1. The Morgan fingerprint density at radius 1 is 1.44 bits per heavy atom. The summed E-state index contributed by atoms with van der Waals surface area (Å²) >= 11 is 0. The fraction of sp³-hybridized carbons (Fsp3) is 0.182. The van der Waals surface area contributed by atoms with Crippen molar-refractivity contribution < 1.29 is 9.66 Å². The Morgan fingerprint density at radius 2 is 2.17 bits per heavy atom. The molecule has 0 fully saturated rings. The molecule has 0 saturated carbocycles. The number of hydrogen-bond donors (Lipinski definition) is 1. The summed E-state index contributed by atoms with van der Waals surface area (Å²) in [7, 11) is 1.74. The molecule has 7 heteroatoms. The van der Waals surface area contributed by atoms with Crippen molar-refractivity contribution in [2.75, 3.05) is 5.73 Å². The molecule has 0 unspecified atom stereocenters. The van der Waals surface area contributed by atoms with Gasteiger partial charge in [-0.25, -0.2) is 4.68 Å². The van der Waals surface area contributed by atoms with E-state index in [-0.39, 0.29) is 11.4 Å². The molecule has 7 nitrogen and oxygen atoms in total. The van der Waals surface area contributed by atoms with E-state index < -0.39 is 4.92 Å². The molecule has 94 valence electrons. The van der Waals surface area contributed by atoms with Gasteiger partial charge in [-0.1, -0.05) is 0 Å². The van der Waals surface area contributed by atoms with E-state index in [0.717, 1.165) is 5.69 Å². The normalized spacial score (nSPS) is 10.3. The molecule has 0 atom stereocenters. The van der Waals surface area contributed by atoms with Gasteiger partial charge in [0.05, 0.1) is 16.3 Å². The van der Waals surface area contributed by atoms with Crippen molar-refractivity contribution in [2.45, 2.75) is 6.92 Å². The predicted molar refractivity (Wildman–Crippen MR) is 65.5 cm³/mol. The zero-order valence-corrected chi connectivity index (χ0v) is 9.95. The molecule has 18 heavy (non-hydrogen) atoms. The number of nitro benzene ring substituents is 1. The van der Waals surface area contributed by atoms with E-state index in [2.05, 4.69) is 5.10 Å². The molecule has 0 radical (unpaired) electrons. The molecular weight excluding hydrogens is 236 g/mol. The SMILES string of the molecule is Cc1cc(Oc2ccc([N+](=O)[O-])cc2N)n(C)n1. The van der Waals surface area contributed by atoms with Crippen LogP contribution in [0.3, 0.4) is 0 Å². The monoisotopic (exact) mass is 248 g/mol. The van der Waals surface area contributed by atoms with Crippen molar-refractivity contribution in [2.24, 2.45) is 7.05 Å². The first-order valence-electron chi connectivity index (χ1n) is 5.20. The van der Waals surface area contributed by atoms with E-state index in [1.54, 1.807) is 17.8 Å². The zero-order valence-electron chi connectivity index (χ0n) is 9.95. The summed E-state index contributed by atoms with van der Waals surface area (Å²) in [6.45, 7) is 1.84. The van der Waals surface area contributed by atoms with Gasteiger partial charge in [0.25, 0.3) is 5.69 Å². The molecule has 0 aliphatic carbocycles. The number of aromatic nitrogens is 2. The summed E-state index contributed by atoms with van der Waals surface area (Å²) in [5.41, 5.74) is 6.66. The van der Waals surface area contributed by atoms with Crippen LogP contribution in [0.2, 0.25) is 0 Å². The van der Waals surface area contributed by atoms with E-state index in [9.17, 15) is 10.1 Å². The molecule has 0 bridgehead atoms. The minimum absolute atomic E-state index is 0.0685. The number of nitrogens with two attached hydrogens (primary N) is 1. The summed E-state index contributed by atoms with van der Waals surface area (Å²) in [6, 6.07) is 5.82. The van der Waals surface area contributed by atoms with E-state index in [1.165, 1.54) is 18.2 Å². The molecule has 1 aromatic heterocycles. The lowest BCUT2D eigenvalue weighted by Crippen LogP contribution is -1.98. The Labute approximate surface area is 103 Å². The summed E-state index contributed by atoms with van der Waals surface area (Å²) < 4.78 is 7.11. The Morgan fingerprint density at radius 3 is 2.67 bits per heavy atom. The average Bonchev–Trinajstić information content (AvgIpc) is 2.60. The average molecular weight is 248 g/mol. The van der Waals surface area contributed by atoms with Crippen molar-refractivity contribution in [1.82, 2.24) is 9.78 Å². The lowest BCUT2D eigenvalue weighted by Gasteiger charge is -2.07. The van der Waals surface area contributed by atoms with Crippen molar-refractivity contribution in [3.63, 3.8) is 0 Å². The van der Waals surface area contributed by atoms with E-state index in [4.69, 9.17) is 10.5 Å². The maximum Gasteiger partial charge on any atom is 0.271 e. The van der Waals surface area contributed by atoms with Gasteiger partial charge in [0, 0.05) is 25.2 Å². The minimum Gasteiger partial charge on any atom is -0.437 e. The van der Waals surface area contributed by atoms with Crippen LogP contribution in [0.5, 0.6) is 11.6 Å². The highest BCUT2D eigenvalue weighted by atomic mass is 16.6. The van der Waals surface area contributed by atoms with Gasteiger partial charge in [0.1, 0.15) is 0 Å². The molecule has 0 aliphatic heterocycles. The van der Waals surface area contributed by atoms with Crippen molar-refractivity contribution >= 4 is 11.4 Å². The standard InChI is InChI=1S/C11H12N4O3/c1-7-5-11(14(2)13-7)18-10-4-3-8(15(16)17)6-9(10)12/h3-6H,12H2,1-2H3. The number of benzene rings is 1. The van der Waals surface area contributed by atoms with Gasteiger partial charge in [0.2, 0.25) is 5.88 Å². The van der Waals surface area contributed by atoms with Gasteiger partial charge < -0.3 is 10.5 Å². The molecule has 0 saturated heterocycles. The summed E-state index contributed by atoms with van der Waals surface area (Å²) in [5, 5.41) is 14.7. The number of nitrogen functional groups attached to an aromatic ring is 1. The smallest absolute Gasteiger partial charge is 0.271 e. The second-order valence-corrected chi connectivity index (χ2v) is 3.83. The molecule has 2 aromatic rings. The molecule has 2 rings (SSSR count). The third-order valence-electron chi connectivity index (χ3n) is 2.38. The van der Waals surface area contributed by atoms with Gasteiger partial charge in [-0.15, -0.1) is 0 Å². The number of rotatable bonds is 3. The van der Waals surface area contributed by atoms with Crippen LogP contribution in [0.1, 0.15) is 5.69 Å². The second-order valence-electron chi connectivity index (χ2n) is 3.83. The van der Waals surface area contributed by atoms with Crippen LogP contribution in [0.25, 0.3) is 0 Å². The molecule has 0 aliphatic rings. The van der Waals surface area contributed by atoms with Gasteiger partial charge in [-0.05, 0) is 13.0 Å². The zero-order chi connectivity index (χ0) is 13.3. The Bertz CT molecular complexity index is 606. The van der Waals surface area contributed by atoms with Crippen LogP contribution < -0.4 is 10.5 Å². The first kappa shape index (κ1) is 11.9. The number of anilines is 1. The Hall–Kier alpha value is -2.57. The fourth-order valence-corrected chi connectivity index (χ4v) is 1.54. The van der Waals surface area contributed by atoms with Crippen LogP contribution in [0.15, 0.2) is 24.3 Å². The topological polar surface area (TPSA) is 96.2 Å². The molecule has 1 heterocycles. The lowest BCUT2D eigenvalue weighted by molar-refractivity contribution is -0.384. The number of hydrogen-bond acceptors (Lipinski definition) is 5. The number of aryl methyl sites for hydroxylation is 2. The Balaban J connectivity index is 2.30. The highest BCUT2D eigenvalue weighted by molar-refractivity contribution is 5.59. The number of ether oxygens (including phenoxy) is 1. The molecule has 1 aromatic carbocycles. The van der Waals surface area contributed by atoms with Gasteiger partial charge in [-0.2, -0.15) is 5.10 Å². The van der Waals surface area contributed by atoms with E-state index in [1.807, 2.05) is 6.92 Å². The summed E-state index contributed by atoms with van der Waals surface area (Å²) in [6.07, 6.45) is 0. The van der Waals surface area contributed by atoms with Crippen LogP contribution >= 0.6 is 0 Å². The van der Waals surface area contributed by atoms with Crippen molar-refractivity contribution in [3.05, 3.63) is 40.1 Å². The summed E-state index contributed by atoms with van der Waals surface area (Å²) in [5.74, 6) is 0.886. The minimum atomic E-state index is -0.506. The highest BCUT2D eigenvalue weighted by Gasteiger charge is 2.11. The number of nitrogens with zero attached hydrogens (tertiary/aromatic N) is 3. The van der Waals surface area contributed by atoms with Crippen LogP contribution in [0, 0.1) is 17.0 Å². The van der Waals surface area contributed by atoms with Crippen LogP contribution in [0.4, 0.5) is 11.4 Å². The number of non-ortho nitro benzene ring substituents is 1. The molecule has 2 N–H and O–H groups in total. The molecule has 0 spiro atoms. The van der Waals surface area contributed by atoms with Crippen molar-refractivity contribution in [3.8, 4) is 11.6 Å². The first-order valence-corrected chi connectivity index (χ1v) is 5.20. The highest BCUT2D eigenvalue weighted by Crippen LogP contribution is 2.30. The van der Waals surface area contributed by atoms with Crippen LogP contribution in [-0.4, -0.2) is 14.7 Å². The summed E-state index contributed by atoms with van der Waals surface area (Å²) in [4.78, 5) is 10.1. The van der Waals surface area contributed by atoms with Gasteiger partial charge >= 0.3 is 0 Å². The second kappa shape index (κ2) is 4.36. The fourth-order valence-electron chi connectivity index (χ4n) is 1.54.